The summed E-state index contributed by atoms with van der Waals surface area (Å²) in [6.07, 6.45) is 0. The molecule has 1 N–H and O–H groups in total. The molecule has 1 rings (SSSR count). The van der Waals surface area contributed by atoms with Crippen LogP contribution in [-0.4, -0.2) is 29.7 Å². The van der Waals surface area contributed by atoms with Gasteiger partial charge >= 0.3 is 5.97 Å². The number of carboxylic acids is 1. The van der Waals surface area contributed by atoms with Crippen molar-refractivity contribution in [2.45, 2.75) is 6.92 Å². The van der Waals surface area contributed by atoms with Crippen LogP contribution in [0.2, 0.25) is 0 Å². The molecule has 1 atom stereocenters. The predicted molar refractivity (Wildman–Crippen MR) is 57.1 cm³/mol. The van der Waals surface area contributed by atoms with E-state index in [1.807, 2.05) is 6.92 Å². The largest absolute Gasteiger partial charge is 0.476 e. The maximum absolute atomic E-state index is 10.6. The molecule has 0 spiro atoms. The molecule has 0 aliphatic heterocycles. The first kappa shape index (κ1) is 11.5. The molecule has 80 valence electrons. The normalized spacial score (nSPS) is 11.8. The third-order valence-electron chi connectivity index (χ3n) is 1.81. The summed E-state index contributed by atoms with van der Waals surface area (Å²) in [7, 11) is 1.79. The second-order valence-corrected chi connectivity index (χ2v) is 4.07. The minimum atomic E-state index is -1.03. The number of thiazole rings is 1. The Kier molecular flexibility index (Phi) is 3.63. The van der Waals surface area contributed by atoms with Crippen LogP contribution in [0.1, 0.15) is 17.4 Å². The molecule has 15 heavy (non-hydrogen) atoms. The second-order valence-electron chi connectivity index (χ2n) is 3.23. The maximum Gasteiger partial charge on any atom is 0.355 e. The molecule has 0 amide bonds. The number of hydrogen-bond acceptors (Lipinski definition) is 5. The van der Waals surface area contributed by atoms with E-state index in [-0.39, 0.29) is 11.6 Å². The van der Waals surface area contributed by atoms with Gasteiger partial charge in [-0.3, -0.25) is 0 Å². The Morgan fingerprint density at radius 1 is 1.87 bits per heavy atom. The first-order valence-electron chi connectivity index (χ1n) is 4.34. The van der Waals surface area contributed by atoms with Gasteiger partial charge in [0.1, 0.15) is 0 Å². The predicted octanol–water partition coefficient (Wildman–Crippen LogP) is 1.44. The zero-order valence-electron chi connectivity index (χ0n) is 8.47. The van der Waals surface area contributed by atoms with Crippen molar-refractivity contribution in [3.63, 3.8) is 0 Å². The van der Waals surface area contributed by atoms with E-state index in [9.17, 15) is 4.79 Å². The number of nitriles is 1. The Morgan fingerprint density at radius 3 is 3.00 bits per heavy atom. The minimum absolute atomic E-state index is 0.0476. The van der Waals surface area contributed by atoms with Crippen molar-refractivity contribution in [1.29, 1.82) is 5.26 Å². The van der Waals surface area contributed by atoms with Crippen LogP contribution in [0.3, 0.4) is 0 Å². The third-order valence-corrected chi connectivity index (χ3v) is 2.76. The fourth-order valence-electron chi connectivity index (χ4n) is 1.07. The number of aromatic nitrogens is 1. The van der Waals surface area contributed by atoms with Crippen molar-refractivity contribution in [2.75, 3.05) is 18.5 Å². The van der Waals surface area contributed by atoms with Gasteiger partial charge in [-0.05, 0) is 6.92 Å². The Hall–Kier alpha value is -1.61. The molecular formula is C9H11N3O2S. The molecule has 0 fully saturated rings. The molecule has 1 unspecified atom stereocenters. The topological polar surface area (TPSA) is 77.2 Å². The summed E-state index contributed by atoms with van der Waals surface area (Å²) in [6, 6.07) is 2.11. The molecule has 0 saturated carbocycles. The van der Waals surface area contributed by atoms with Crippen LogP contribution < -0.4 is 4.90 Å². The van der Waals surface area contributed by atoms with E-state index in [0.29, 0.717) is 11.7 Å². The Labute approximate surface area is 91.6 Å². The van der Waals surface area contributed by atoms with Gasteiger partial charge in [0.2, 0.25) is 0 Å². The summed E-state index contributed by atoms with van der Waals surface area (Å²) in [5.41, 5.74) is 0.0476. The summed E-state index contributed by atoms with van der Waals surface area (Å²) in [6.45, 7) is 2.35. The zero-order chi connectivity index (χ0) is 11.4. The molecule has 0 aliphatic carbocycles. The Morgan fingerprint density at radius 2 is 2.53 bits per heavy atom. The zero-order valence-corrected chi connectivity index (χ0v) is 9.28. The van der Waals surface area contributed by atoms with Crippen molar-refractivity contribution in [1.82, 2.24) is 4.98 Å². The van der Waals surface area contributed by atoms with Crippen LogP contribution in [0.25, 0.3) is 0 Å². The highest BCUT2D eigenvalue weighted by atomic mass is 32.1. The third kappa shape index (κ3) is 2.92. The summed E-state index contributed by atoms with van der Waals surface area (Å²) < 4.78 is 0. The van der Waals surface area contributed by atoms with Gasteiger partial charge in [-0.1, -0.05) is 0 Å². The molecule has 0 bridgehead atoms. The van der Waals surface area contributed by atoms with Gasteiger partial charge in [0.25, 0.3) is 0 Å². The lowest BCUT2D eigenvalue weighted by Crippen LogP contribution is -2.23. The van der Waals surface area contributed by atoms with E-state index in [0.717, 1.165) is 0 Å². The average molecular weight is 225 g/mol. The van der Waals surface area contributed by atoms with Crippen molar-refractivity contribution < 1.29 is 9.90 Å². The van der Waals surface area contributed by atoms with Crippen molar-refractivity contribution >= 4 is 22.4 Å². The van der Waals surface area contributed by atoms with Gasteiger partial charge in [0.05, 0.1) is 12.0 Å². The summed E-state index contributed by atoms with van der Waals surface area (Å²) in [5.74, 6) is -1.13. The molecule has 1 aromatic heterocycles. The van der Waals surface area contributed by atoms with E-state index >= 15 is 0 Å². The number of nitrogens with zero attached hydrogens (tertiary/aromatic N) is 3. The second kappa shape index (κ2) is 4.75. The molecule has 5 nitrogen and oxygen atoms in total. The highest BCUT2D eigenvalue weighted by Gasteiger charge is 2.13. The number of carboxylic acid groups (broad SMARTS) is 1. The van der Waals surface area contributed by atoms with Gasteiger partial charge < -0.3 is 10.0 Å². The maximum atomic E-state index is 10.6. The van der Waals surface area contributed by atoms with Crippen LogP contribution in [0.15, 0.2) is 5.38 Å². The van der Waals surface area contributed by atoms with E-state index in [4.69, 9.17) is 10.4 Å². The average Bonchev–Trinajstić information content (AvgIpc) is 2.66. The van der Waals surface area contributed by atoms with E-state index in [1.54, 1.807) is 11.9 Å². The molecule has 1 aromatic rings. The first-order valence-corrected chi connectivity index (χ1v) is 5.22. The molecule has 0 aliphatic rings. The number of aromatic carboxylic acids is 1. The quantitative estimate of drug-likeness (QED) is 0.838. The molecule has 0 aromatic carbocycles. The SMILES string of the molecule is CC(C#N)CN(C)c1nc(C(=O)O)cs1. The molecular weight excluding hydrogens is 214 g/mol. The standard InChI is InChI=1S/C9H11N3O2S/c1-6(3-10)4-12(2)9-11-7(5-15-9)8(13)14/h5-6H,4H2,1-2H3,(H,13,14). The minimum Gasteiger partial charge on any atom is -0.476 e. The van der Waals surface area contributed by atoms with Crippen LogP contribution in [0, 0.1) is 17.2 Å². The Bertz CT molecular complexity index is 396. The number of rotatable bonds is 4. The molecule has 0 radical (unpaired) electrons. The van der Waals surface area contributed by atoms with Gasteiger partial charge in [0.15, 0.2) is 10.8 Å². The van der Waals surface area contributed by atoms with Crippen LogP contribution in [0.5, 0.6) is 0 Å². The fraction of sp³-hybridized carbons (Fsp3) is 0.444. The molecule has 0 saturated heterocycles. The summed E-state index contributed by atoms with van der Waals surface area (Å²) in [4.78, 5) is 16.3. The number of hydrogen-bond donors (Lipinski definition) is 1. The van der Waals surface area contributed by atoms with Crippen LogP contribution in [0.4, 0.5) is 5.13 Å². The first-order chi connectivity index (χ1) is 7.04. The van der Waals surface area contributed by atoms with Gasteiger partial charge in [-0.15, -0.1) is 11.3 Å². The summed E-state index contributed by atoms with van der Waals surface area (Å²) in [5, 5.41) is 19.4. The lowest BCUT2D eigenvalue weighted by molar-refractivity contribution is 0.0691. The smallest absolute Gasteiger partial charge is 0.355 e. The van der Waals surface area contributed by atoms with Gasteiger partial charge in [-0.25, -0.2) is 9.78 Å². The lowest BCUT2D eigenvalue weighted by Gasteiger charge is -2.16. The highest BCUT2D eigenvalue weighted by molar-refractivity contribution is 7.13. The molecule has 1 heterocycles. The van der Waals surface area contributed by atoms with Crippen molar-refractivity contribution in [3.05, 3.63) is 11.1 Å². The monoisotopic (exact) mass is 225 g/mol. The number of anilines is 1. The van der Waals surface area contributed by atoms with Crippen molar-refractivity contribution in [2.24, 2.45) is 5.92 Å². The lowest BCUT2D eigenvalue weighted by atomic mass is 10.2. The highest BCUT2D eigenvalue weighted by Crippen LogP contribution is 2.19. The Balaban J connectivity index is 2.71. The fourth-order valence-corrected chi connectivity index (χ4v) is 1.84. The van der Waals surface area contributed by atoms with Gasteiger partial charge in [0, 0.05) is 19.0 Å². The number of carbonyl (C=O) groups is 1. The van der Waals surface area contributed by atoms with Crippen LogP contribution >= 0.6 is 11.3 Å². The van der Waals surface area contributed by atoms with Gasteiger partial charge in [-0.2, -0.15) is 5.26 Å². The van der Waals surface area contributed by atoms with E-state index in [2.05, 4.69) is 11.1 Å². The van der Waals surface area contributed by atoms with E-state index in [1.165, 1.54) is 16.7 Å². The van der Waals surface area contributed by atoms with Crippen molar-refractivity contribution in [3.8, 4) is 6.07 Å². The van der Waals surface area contributed by atoms with E-state index < -0.39 is 5.97 Å². The van der Waals surface area contributed by atoms with Crippen LogP contribution in [-0.2, 0) is 0 Å². The molecule has 6 heteroatoms. The summed E-state index contributed by atoms with van der Waals surface area (Å²) >= 11 is 1.26.